The summed E-state index contributed by atoms with van der Waals surface area (Å²) < 4.78 is 11.2. The fourth-order valence-electron chi connectivity index (χ4n) is 10.4. The molecule has 0 bridgehead atoms. The first-order chi connectivity index (χ1) is 34.3. The maximum absolute atomic E-state index is 13.1. The molecule has 0 aromatic carbocycles. The number of aliphatic hydroxyl groups excluding tert-OH is 6. The van der Waals surface area contributed by atoms with E-state index in [4.69, 9.17) is 9.47 Å². The van der Waals surface area contributed by atoms with Gasteiger partial charge in [0, 0.05) is 6.42 Å². The van der Waals surface area contributed by atoms with Gasteiger partial charge in [-0.1, -0.05) is 296 Å². The molecule has 0 saturated carbocycles. The van der Waals surface area contributed by atoms with Crippen LogP contribution in [-0.2, 0) is 14.3 Å². The standard InChI is InChI=1S/C60H119NO9/c1-3-5-7-9-11-13-15-17-18-19-20-21-22-23-24-25-26-27-28-29-30-31-32-33-34-35-36-37-39-41-43-45-47-49-55(64)61-52(51-69-60-59(68)58(67)57(66)54(50-62)70-60)56(65)53(63)48-46-44-42-40-38-16-14-12-10-8-6-4-2/h52-54,56-60,62-63,65-68H,3-51H2,1-2H3,(H,61,64)/t52-,53+,54+,56-,57-,58?,59?,60+/m0/s1. The lowest BCUT2D eigenvalue weighted by atomic mass is 9.98. The van der Waals surface area contributed by atoms with Crippen LogP contribution in [-0.4, -0.2) is 98.7 Å². The van der Waals surface area contributed by atoms with E-state index >= 15 is 0 Å². The second-order valence-electron chi connectivity index (χ2n) is 22.0. The first-order valence-electron chi connectivity index (χ1n) is 30.8. The van der Waals surface area contributed by atoms with Crippen LogP contribution in [0, 0.1) is 0 Å². The largest absolute Gasteiger partial charge is 0.394 e. The van der Waals surface area contributed by atoms with Gasteiger partial charge in [0.15, 0.2) is 6.29 Å². The van der Waals surface area contributed by atoms with Crippen LogP contribution in [0.4, 0.5) is 0 Å². The van der Waals surface area contributed by atoms with Crippen LogP contribution in [0.25, 0.3) is 0 Å². The lowest BCUT2D eigenvalue weighted by Gasteiger charge is -2.40. The van der Waals surface area contributed by atoms with E-state index in [0.717, 1.165) is 38.5 Å². The summed E-state index contributed by atoms with van der Waals surface area (Å²) in [5, 5.41) is 65.5. The number of aliphatic hydroxyl groups is 6. The maximum Gasteiger partial charge on any atom is 0.220 e. The van der Waals surface area contributed by atoms with Crippen molar-refractivity contribution in [2.45, 2.75) is 365 Å². The van der Waals surface area contributed by atoms with Gasteiger partial charge in [-0.05, 0) is 12.8 Å². The lowest BCUT2D eigenvalue weighted by Crippen LogP contribution is -2.60. The molecule has 418 valence electrons. The molecule has 10 heteroatoms. The lowest BCUT2D eigenvalue weighted by molar-refractivity contribution is -0.303. The van der Waals surface area contributed by atoms with Crippen molar-refractivity contribution < 1.29 is 44.9 Å². The molecule has 7 N–H and O–H groups in total. The minimum absolute atomic E-state index is 0.250. The number of amides is 1. The number of rotatable bonds is 54. The minimum atomic E-state index is -1.60. The SMILES string of the molecule is CCCCCCCCCCCCCCCCCCCCCCCCCCCCCCCCCCCC(=O)N[C@@H](CO[C@@H]1O[C@H](CO)[C@H](O)C(O)C1O)[C@H](O)[C@H](O)CCCCCCCCCCCCCC. The summed E-state index contributed by atoms with van der Waals surface area (Å²) in [4.78, 5) is 13.1. The Bertz CT molecular complexity index is 1080. The molecule has 8 atom stereocenters. The number of hydrogen-bond acceptors (Lipinski definition) is 9. The third-order valence-electron chi connectivity index (χ3n) is 15.3. The van der Waals surface area contributed by atoms with Gasteiger partial charge in [-0.3, -0.25) is 4.79 Å². The first-order valence-corrected chi connectivity index (χ1v) is 30.8. The highest BCUT2D eigenvalue weighted by atomic mass is 16.7. The molecule has 1 rings (SSSR count). The fraction of sp³-hybridized carbons (Fsp3) is 0.983. The average molecular weight is 999 g/mol. The Morgan fingerprint density at radius 2 is 0.743 bits per heavy atom. The quantitative estimate of drug-likeness (QED) is 0.0293. The molecule has 1 fully saturated rings. The molecule has 0 aromatic rings. The summed E-state index contributed by atoms with van der Waals surface area (Å²) in [6, 6.07) is -0.986. The molecule has 70 heavy (non-hydrogen) atoms. The Hall–Kier alpha value is -0.850. The van der Waals surface area contributed by atoms with Crippen molar-refractivity contribution in [2.75, 3.05) is 13.2 Å². The van der Waals surface area contributed by atoms with E-state index in [1.807, 2.05) is 0 Å². The molecule has 0 spiro atoms. The third kappa shape index (κ3) is 38.7. The summed E-state index contributed by atoms with van der Waals surface area (Å²) in [6.07, 6.45) is 50.2. The Labute approximate surface area is 432 Å². The zero-order valence-corrected chi connectivity index (χ0v) is 46.2. The molecule has 1 aliphatic rings. The monoisotopic (exact) mass is 998 g/mol. The topological polar surface area (TPSA) is 169 Å². The van der Waals surface area contributed by atoms with Gasteiger partial charge in [-0.25, -0.2) is 0 Å². The highest BCUT2D eigenvalue weighted by molar-refractivity contribution is 5.76. The fourth-order valence-corrected chi connectivity index (χ4v) is 10.4. The van der Waals surface area contributed by atoms with Crippen LogP contribution < -0.4 is 5.32 Å². The summed E-state index contributed by atoms with van der Waals surface area (Å²) in [5.74, 6) is -0.250. The van der Waals surface area contributed by atoms with E-state index in [1.54, 1.807) is 0 Å². The van der Waals surface area contributed by atoms with Gasteiger partial charge in [0.2, 0.25) is 5.91 Å². The van der Waals surface area contributed by atoms with Crippen molar-refractivity contribution in [1.29, 1.82) is 0 Å². The van der Waals surface area contributed by atoms with Gasteiger partial charge in [0.1, 0.15) is 30.5 Å². The predicted octanol–water partition coefficient (Wildman–Crippen LogP) is 14.4. The van der Waals surface area contributed by atoms with Crippen LogP contribution in [0.15, 0.2) is 0 Å². The molecule has 10 nitrogen and oxygen atoms in total. The zero-order chi connectivity index (χ0) is 51.0. The third-order valence-corrected chi connectivity index (χ3v) is 15.3. The number of carbonyl (C=O) groups excluding carboxylic acids is 1. The van der Waals surface area contributed by atoms with Gasteiger partial charge in [0.25, 0.3) is 0 Å². The normalized spacial score (nSPS) is 19.7. The van der Waals surface area contributed by atoms with E-state index < -0.39 is 55.6 Å². The number of unbranched alkanes of at least 4 members (excludes halogenated alkanes) is 43. The Morgan fingerprint density at radius 3 is 1.06 bits per heavy atom. The molecule has 0 radical (unpaired) electrons. The van der Waals surface area contributed by atoms with E-state index in [9.17, 15) is 35.4 Å². The number of ether oxygens (including phenoxy) is 2. The van der Waals surface area contributed by atoms with E-state index in [-0.39, 0.29) is 18.9 Å². The van der Waals surface area contributed by atoms with Gasteiger partial charge in [-0.15, -0.1) is 0 Å². The molecular formula is C60H119NO9. The van der Waals surface area contributed by atoms with E-state index in [2.05, 4.69) is 19.2 Å². The smallest absolute Gasteiger partial charge is 0.220 e. The molecule has 0 aliphatic carbocycles. The molecule has 0 aromatic heterocycles. The predicted molar refractivity (Wildman–Crippen MR) is 292 cm³/mol. The molecule has 1 aliphatic heterocycles. The molecule has 1 amide bonds. The van der Waals surface area contributed by atoms with Gasteiger partial charge < -0.3 is 45.4 Å². The van der Waals surface area contributed by atoms with Crippen LogP contribution in [0.3, 0.4) is 0 Å². The van der Waals surface area contributed by atoms with Gasteiger partial charge in [0.05, 0.1) is 25.4 Å². The highest BCUT2D eigenvalue weighted by Gasteiger charge is 2.44. The van der Waals surface area contributed by atoms with Crippen molar-refractivity contribution in [3.8, 4) is 0 Å². The number of nitrogens with one attached hydrogen (secondary N) is 1. The van der Waals surface area contributed by atoms with Gasteiger partial charge in [-0.2, -0.15) is 0 Å². The Kier molecular flexibility index (Phi) is 48.3. The van der Waals surface area contributed by atoms with Crippen molar-refractivity contribution in [3.05, 3.63) is 0 Å². The van der Waals surface area contributed by atoms with Crippen molar-refractivity contribution >= 4 is 5.91 Å². The first kappa shape index (κ1) is 67.2. The highest BCUT2D eigenvalue weighted by Crippen LogP contribution is 2.24. The van der Waals surface area contributed by atoms with Crippen molar-refractivity contribution in [2.24, 2.45) is 0 Å². The molecule has 1 saturated heterocycles. The Balaban J connectivity index is 2.10. The maximum atomic E-state index is 13.1. The minimum Gasteiger partial charge on any atom is -0.394 e. The van der Waals surface area contributed by atoms with E-state index in [0.29, 0.717) is 6.42 Å². The molecular weight excluding hydrogens is 879 g/mol. The van der Waals surface area contributed by atoms with Crippen LogP contribution in [0.2, 0.25) is 0 Å². The molecule has 1 heterocycles. The average Bonchev–Trinajstić information content (AvgIpc) is 3.36. The Morgan fingerprint density at radius 1 is 0.443 bits per heavy atom. The van der Waals surface area contributed by atoms with E-state index in [1.165, 1.54) is 250 Å². The second-order valence-corrected chi connectivity index (χ2v) is 22.0. The number of carbonyl (C=O) groups is 1. The second kappa shape index (κ2) is 50.3. The van der Waals surface area contributed by atoms with Crippen molar-refractivity contribution in [1.82, 2.24) is 5.32 Å². The zero-order valence-electron chi connectivity index (χ0n) is 46.2. The summed E-state index contributed by atoms with van der Waals surface area (Å²) in [7, 11) is 0. The molecule has 2 unspecified atom stereocenters. The van der Waals surface area contributed by atoms with Crippen LogP contribution >= 0.6 is 0 Å². The summed E-state index contributed by atoms with van der Waals surface area (Å²) >= 11 is 0. The van der Waals surface area contributed by atoms with Crippen LogP contribution in [0.5, 0.6) is 0 Å². The van der Waals surface area contributed by atoms with Crippen molar-refractivity contribution in [3.63, 3.8) is 0 Å². The van der Waals surface area contributed by atoms with Crippen LogP contribution in [0.1, 0.15) is 316 Å². The summed E-state index contributed by atoms with van der Waals surface area (Å²) in [6.45, 7) is 3.65. The number of hydrogen-bond donors (Lipinski definition) is 7. The van der Waals surface area contributed by atoms with Gasteiger partial charge >= 0.3 is 0 Å². The summed E-state index contributed by atoms with van der Waals surface area (Å²) in [5.41, 5.74) is 0.